The second-order valence-electron chi connectivity index (χ2n) is 10.7. The number of carbonyl (C=O) groups excluding carboxylic acids is 2. The number of hydrogen-bond acceptors (Lipinski definition) is 9. The van der Waals surface area contributed by atoms with E-state index in [1.165, 1.54) is 44.7 Å². The lowest BCUT2D eigenvalue weighted by Crippen LogP contribution is -2.49. The van der Waals surface area contributed by atoms with E-state index in [4.69, 9.17) is 4.74 Å². The van der Waals surface area contributed by atoms with E-state index in [2.05, 4.69) is 30.8 Å². The zero-order valence-electron chi connectivity index (χ0n) is 24.4. The van der Waals surface area contributed by atoms with Crippen LogP contribution in [0, 0.1) is 5.82 Å². The minimum absolute atomic E-state index is 0.0325. The SMILES string of the molecule is CCN1CCNC(=O)C1c1ccc(Nc2nc(-c3ccc(F)c(NC(=O)Oc4cc5c(s4)CCCC5)n3)cn(C)c2=O)cc1. The summed E-state index contributed by atoms with van der Waals surface area (Å²) in [5.74, 6) is -1.07. The highest BCUT2D eigenvalue weighted by molar-refractivity contribution is 7.14. The standard InChI is InChI=1S/C31H32FN7O4S/c1-3-39-15-14-33-29(40)26(39)18-8-10-20(11-9-18)34-28-30(41)38(2)17-23(36-28)22-13-12-21(32)27(35-22)37-31(42)43-25-16-19-6-4-5-7-24(19)44-25/h8-13,16-17,26H,3-7,14-15H2,1-2H3,(H,33,40)(H,34,36)(H,35,37,42). The molecule has 1 aliphatic heterocycles. The van der Waals surface area contributed by atoms with Gasteiger partial charge in [-0.25, -0.2) is 19.2 Å². The van der Waals surface area contributed by atoms with Crippen molar-refractivity contribution in [3.05, 3.63) is 80.8 Å². The van der Waals surface area contributed by atoms with E-state index < -0.39 is 11.9 Å². The highest BCUT2D eigenvalue weighted by Crippen LogP contribution is 2.34. The predicted molar refractivity (Wildman–Crippen MR) is 166 cm³/mol. The molecule has 2 amide bonds. The second kappa shape index (κ2) is 12.5. The summed E-state index contributed by atoms with van der Waals surface area (Å²) in [5, 5.41) is 8.81. The Labute approximate surface area is 257 Å². The van der Waals surface area contributed by atoms with Gasteiger partial charge in [-0.05, 0) is 73.7 Å². The molecule has 0 bridgehead atoms. The van der Waals surface area contributed by atoms with Gasteiger partial charge in [0, 0.05) is 36.9 Å². The largest absolute Gasteiger partial charge is 0.419 e. The van der Waals surface area contributed by atoms with E-state index >= 15 is 0 Å². The number of hydrogen-bond donors (Lipinski definition) is 3. The number of rotatable bonds is 7. The fourth-order valence-electron chi connectivity index (χ4n) is 5.51. The van der Waals surface area contributed by atoms with Crippen LogP contribution in [0.5, 0.6) is 5.06 Å². The highest BCUT2D eigenvalue weighted by atomic mass is 32.1. The van der Waals surface area contributed by atoms with Gasteiger partial charge in [-0.3, -0.25) is 19.8 Å². The van der Waals surface area contributed by atoms with Crippen molar-refractivity contribution in [2.75, 3.05) is 30.3 Å². The summed E-state index contributed by atoms with van der Waals surface area (Å²) in [4.78, 5) is 50.1. The number of fused-ring (bicyclic) bond motifs is 1. The normalized spacial score (nSPS) is 16.6. The number of anilines is 3. The Morgan fingerprint density at radius 3 is 2.64 bits per heavy atom. The number of thiophene rings is 1. The molecule has 1 atom stereocenters. The molecule has 2 aliphatic rings. The van der Waals surface area contributed by atoms with Crippen LogP contribution in [0.25, 0.3) is 11.4 Å². The fraction of sp³-hybridized carbons (Fsp3) is 0.323. The van der Waals surface area contributed by atoms with Gasteiger partial charge in [0.15, 0.2) is 22.5 Å². The zero-order chi connectivity index (χ0) is 30.8. The molecule has 1 aromatic carbocycles. The molecule has 13 heteroatoms. The Bertz CT molecular complexity index is 1750. The number of pyridine rings is 1. The van der Waals surface area contributed by atoms with Crippen molar-refractivity contribution in [2.45, 2.75) is 38.6 Å². The monoisotopic (exact) mass is 617 g/mol. The molecular weight excluding hydrogens is 585 g/mol. The van der Waals surface area contributed by atoms with E-state index in [0.717, 1.165) is 44.3 Å². The number of benzene rings is 1. The van der Waals surface area contributed by atoms with Gasteiger partial charge < -0.3 is 19.9 Å². The van der Waals surface area contributed by atoms with Gasteiger partial charge in [0.2, 0.25) is 5.91 Å². The minimum Gasteiger partial charge on any atom is -0.399 e. The van der Waals surface area contributed by atoms with Crippen molar-refractivity contribution in [2.24, 2.45) is 7.05 Å². The molecule has 4 aromatic rings. The number of aryl methyl sites for hydroxylation is 3. The maximum Gasteiger partial charge on any atom is 0.419 e. The van der Waals surface area contributed by atoms with Crippen LogP contribution in [-0.4, -0.2) is 51.1 Å². The molecule has 0 saturated carbocycles. The van der Waals surface area contributed by atoms with Crippen molar-refractivity contribution in [1.82, 2.24) is 24.8 Å². The molecule has 228 valence electrons. The first kappa shape index (κ1) is 29.5. The number of halogens is 1. The summed E-state index contributed by atoms with van der Waals surface area (Å²) in [6.07, 6.45) is 4.78. The molecule has 0 spiro atoms. The Kier molecular flexibility index (Phi) is 8.40. The molecule has 44 heavy (non-hydrogen) atoms. The van der Waals surface area contributed by atoms with E-state index in [1.54, 1.807) is 19.2 Å². The van der Waals surface area contributed by atoms with Gasteiger partial charge in [-0.1, -0.05) is 19.1 Å². The molecule has 0 radical (unpaired) electrons. The first-order valence-corrected chi connectivity index (χ1v) is 15.3. The number of aromatic nitrogens is 3. The van der Waals surface area contributed by atoms with Crippen molar-refractivity contribution in [3.8, 4) is 16.5 Å². The number of ether oxygens (including phenoxy) is 1. The molecule has 6 rings (SSSR count). The summed E-state index contributed by atoms with van der Waals surface area (Å²) in [5.41, 5.74) is 2.77. The number of carbonyl (C=O) groups is 2. The summed E-state index contributed by atoms with van der Waals surface area (Å²) >= 11 is 1.43. The van der Waals surface area contributed by atoms with Crippen molar-refractivity contribution >= 4 is 40.7 Å². The van der Waals surface area contributed by atoms with Crippen LogP contribution >= 0.6 is 11.3 Å². The van der Waals surface area contributed by atoms with Gasteiger partial charge >= 0.3 is 6.09 Å². The molecule has 1 aliphatic carbocycles. The average molecular weight is 618 g/mol. The molecule has 1 saturated heterocycles. The van der Waals surface area contributed by atoms with Crippen LogP contribution in [0.15, 0.2) is 53.5 Å². The number of nitrogens with one attached hydrogen (secondary N) is 3. The van der Waals surface area contributed by atoms with Gasteiger partial charge in [-0.15, -0.1) is 11.3 Å². The summed E-state index contributed by atoms with van der Waals surface area (Å²) < 4.78 is 21.4. The first-order valence-electron chi connectivity index (χ1n) is 14.5. The summed E-state index contributed by atoms with van der Waals surface area (Å²) in [7, 11) is 1.57. The smallest absolute Gasteiger partial charge is 0.399 e. The number of nitrogens with zero attached hydrogens (tertiary/aromatic N) is 4. The van der Waals surface area contributed by atoms with Crippen LogP contribution in [-0.2, 0) is 24.7 Å². The quantitative estimate of drug-likeness (QED) is 0.271. The van der Waals surface area contributed by atoms with E-state index in [9.17, 15) is 18.8 Å². The molecule has 11 nitrogen and oxygen atoms in total. The van der Waals surface area contributed by atoms with E-state index in [0.29, 0.717) is 17.3 Å². The molecule has 1 unspecified atom stereocenters. The Morgan fingerprint density at radius 1 is 1.09 bits per heavy atom. The van der Waals surface area contributed by atoms with Crippen LogP contribution in [0.4, 0.5) is 26.5 Å². The average Bonchev–Trinajstić information content (AvgIpc) is 3.43. The first-order chi connectivity index (χ1) is 21.3. The zero-order valence-corrected chi connectivity index (χ0v) is 25.2. The molecular formula is C31H32FN7O4S. The number of amides is 2. The molecule has 3 aromatic heterocycles. The maximum atomic E-state index is 14.7. The van der Waals surface area contributed by atoms with Gasteiger partial charge in [0.1, 0.15) is 11.7 Å². The van der Waals surface area contributed by atoms with Crippen molar-refractivity contribution in [1.29, 1.82) is 0 Å². The van der Waals surface area contributed by atoms with E-state index in [1.807, 2.05) is 25.1 Å². The number of piperazine rings is 1. The third kappa shape index (κ3) is 6.19. The Morgan fingerprint density at radius 2 is 1.86 bits per heavy atom. The lowest BCUT2D eigenvalue weighted by atomic mass is 10.00. The minimum atomic E-state index is -0.848. The molecule has 4 heterocycles. The highest BCUT2D eigenvalue weighted by Gasteiger charge is 2.30. The molecule has 1 fully saturated rings. The lowest BCUT2D eigenvalue weighted by molar-refractivity contribution is -0.129. The number of likely N-dealkylation sites (N-methyl/N-ethyl adjacent to an activating group) is 1. The van der Waals surface area contributed by atoms with Crippen molar-refractivity contribution in [3.63, 3.8) is 0 Å². The predicted octanol–water partition coefficient (Wildman–Crippen LogP) is 4.77. The summed E-state index contributed by atoms with van der Waals surface area (Å²) in [6, 6.07) is 11.3. The van der Waals surface area contributed by atoms with Crippen LogP contribution in [0.3, 0.4) is 0 Å². The van der Waals surface area contributed by atoms with Crippen LogP contribution < -0.4 is 26.2 Å². The van der Waals surface area contributed by atoms with Crippen LogP contribution in [0.2, 0.25) is 0 Å². The summed E-state index contributed by atoms with van der Waals surface area (Å²) in [6.45, 7) is 4.16. The van der Waals surface area contributed by atoms with E-state index in [-0.39, 0.29) is 40.5 Å². The third-order valence-corrected chi connectivity index (χ3v) is 8.89. The van der Waals surface area contributed by atoms with Gasteiger partial charge in [0.25, 0.3) is 5.56 Å². The fourth-order valence-corrected chi connectivity index (χ4v) is 6.61. The van der Waals surface area contributed by atoms with Crippen molar-refractivity contribution < 1.29 is 18.7 Å². The van der Waals surface area contributed by atoms with Crippen LogP contribution in [0.1, 0.15) is 41.8 Å². The Balaban J connectivity index is 1.19. The lowest BCUT2D eigenvalue weighted by Gasteiger charge is -2.34. The van der Waals surface area contributed by atoms with Gasteiger partial charge in [-0.2, -0.15) is 0 Å². The topological polar surface area (TPSA) is 130 Å². The Hall–Kier alpha value is -4.62. The maximum absolute atomic E-state index is 14.7. The molecule has 3 N–H and O–H groups in total. The van der Waals surface area contributed by atoms with Gasteiger partial charge in [0.05, 0.1) is 5.69 Å². The second-order valence-corrected chi connectivity index (χ2v) is 11.8. The third-order valence-electron chi connectivity index (χ3n) is 7.77.